The summed E-state index contributed by atoms with van der Waals surface area (Å²) in [5, 5.41) is 3.41. The molecule has 0 spiro atoms. The zero-order valence-corrected chi connectivity index (χ0v) is 14.0. The maximum atomic E-state index is 4.77. The van der Waals surface area contributed by atoms with E-state index in [1.54, 1.807) is 0 Å². The second-order valence-electron chi connectivity index (χ2n) is 5.81. The summed E-state index contributed by atoms with van der Waals surface area (Å²) in [6, 6.07) is 4.39. The van der Waals surface area contributed by atoms with Gasteiger partial charge in [0, 0.05) is 23.4 Å². The lowest BCUT2D eigenvalue weighted by Gasteiger charge is -2.15. The zero-order chi connectivity index (χ0) is 15.6. The molecule has 1 aromatic carbocycles. The van der Waals surface area contributed by atoms with Crippen molar-refractivity contribution in [3.8, 4) is 11.4 Å². The van der Waals surface area contributed by atoms with Gasteiger partial charge in [0.15, 0.2) is 5.82 Å². The van der Waals surface area contributed by atoms with Crippen LogP contribution in [0.4, 0.5) is 5.82 Å². The number of anilines is 1. The van der Waals surface area contributed by atoms with E-state index < -0.39 is 0 Å². The maximum Gasteiger partial charge on any atom is 0.162 e. The Bertz CT molecular complexity index is 637. The Morgan fingerprint density at radius 2 is 1.57 bits per heavy atom. The van der Waals surface area contributed by atoms with Crippen LogP contribution in [-0.4, -0.2) is 16.5 Å². The molecule has 0 aliphatic rings. The molecule has 1 N–H and O–H groups in total. The number of aryl methyl sites for hydroxylation is 4. The molecule has 3 heteroatoms. The summed E-state index contributed by atoms with van der Waals surface area (Å²) in [4.78, 5) is 9.48. The van der Waals surface area contributed by atoms with E-state index >= 15 is 0 Å². The van der Waals surface area contributed by atoms with Crippen LogP contribution in [-0.2, 0) is 0 Å². The third kappa shape index (κ3) is 3.23. The number of hydrogen-bond acceptors (Lipinski definition) is 3. The first-order chi connectivity index (χ1) is 9.93. The Kier molecular flexibility index (Phi) is 4.61. The minimum Gasteiger partial charge on any atom is -0.370 e. The zero-order valence-electron chi connectivity index (χ0n) is 14.0. The fourth-order valence-corrected chi connectivity index (χ4v) is 2.69. The molecule has 0 radical (unpaired) electrons. The third-order valence-electron chi connectivity index (χ3n) is 3.83. The van der Waals surface area contributed by atoms with Gasteiger partial charge in [-0.2, -0.15) is 0 Å². The first kappa shape index (κ1) is 15.5. The fourth-order valence-electron chi connectivity index (χ4n) is 2.69. The van der Waals surface area contributed by atoms with Crippen LogP contribution >= 0.6 is 0 Å². The molecule has 0 saturated carbocycles. The highest BCUT2D eigenvalue weighted by Gasteiger charge is 2.13. The largest absolute Gasteiger partial charge is 0.370 e. The molecule has 3 nitrogen and oxygen atoms in total. The number of rotatable bonds is 4. The lowest BCUT2D eigenvalue weighted by Crippen LogP contribution is -2.08. The molecule has 0 fully saturated rings. The number of benzene rings is 1. The average Bonchev–Trinajstić information content (AvgIpc) is 2.39. The summed E-state index contributed by atoms with van der Waals surface area (Å²) in [5.41, 5.74) is 7.08. The second-order valence-corrected chi connectivity index (χ2v) is 5.81. The van der Waals surface area contributed by atoms with E-state index in [-0.39, 0.29) is 0 Å². The second kappa shape index (κ2) is 6.25. The Hall–Kier alpha value is -1.90. The van der Waals surface area contributed by atoms with Gasteiger partial charge in [0.2, 0.25) is 0 Å². The smallest absolute Gasteiger partial charge is 0.162 e. The van der Waals surface area contributed by atoms with Crippen LogP contribution in [0.5, 0.6) is 0 Å². The van der Waals surface area contributed by atoms with E-state index in [0.717, 1.165) is 41.4 Å². The van der Waals surface area contributed by atoms with Gasteiger partial charge in [-0.3, -0.25) is 0 Å². The van der Waals surface area contributed by atoms with Gasteiger partial charge in [-0.15, -0.1) is 0 Å². The SMILES string of the molecule is CCCNc1nc(-c2c(C)cc(C)cc2C)nc(C)c1C. The molecular weight excluding hydrogens is 258 g/mol. The number of nitrogens with zero attached hydrogens (tertiary/aromatic N) is 2. The summed E-state index contributed by atoms with van der Waals surface area (Å²) in [6.45, 7) is 13.6. The molecular formula is C18H25N3. The van der Waals surface area contributed by atoms with Gasteiger partial charge in [0.1, 0.15) is 5.82 Å². The minimum atomic E-state index is 0.826. The molecule has 0 amide bonds. The van der Waals surface area contributed by atoms with Crippen molar-refractivity contribution in [3.63, 3.8) is 0 Å². The van der Waals surface area contributed by atoms with Crippen molar-refractivity contribution in [2.45, 2.75) is 48.0 Å². The van der Waals surface area contributed by atoms with Gasteiger partial charge in [-0.05, 0) is 52.2 Å². The predicted octanol–water partition coefficient (Wildman–Crippen LogP) is 4.51. The molecule has 1 heterocycles. The number of nitrogens with one attached hydrogen (secondary N) is 1. The Balaban J connectivity index is 2.57. The standard InChI is InChI=1S/C18H25N3/c1-7-8-19-17-14(5)15(6)20-18(21-17)16-12(3)9-11(2)10-13(16)4/h9-10H,7-8H2,1-6H3,(H,19,20,21). The van der Waals surface area contributed by atoms with Crippen molar-refractivity contribution in [1.82, 2.24) is 9.97 Å². The molecule has 0 unspecified atom stereocenters. The normalized spacial score (nSPS) is 10.8. The van der Waals surface area contributed by atoms with Gasteiger partial charge in [-0.1, -0.05) is 24.6 Å². The Morgan fingerprint density at radius 3 is 2.14 bits per heavy atom. The van der Waals surface area contributed by atoms with Crippen LogP contribution in [0.1, 0.15) is 41.3 Å². The van der Waals surface area contributed by atoms with E-state index in [9.17, 15) is 0 Å². The molecule has 2 aromatic rings. The fraction of sp³-hybridized carbons (Fsp3) is 0.444. The lowest BCUT2D eigenvalue weighted by molar-refractivity contribution is 0.954. The van der Waals surface area contributed by atoms with Gasteiger partial charge < -0.3 is 5.32 Å². The van der Waals surface area contributed by atoms with Crippen molar-refractivity contribution >= 4 is 5.82 Å². The molecule has 0 atom stereocenters. The molecule has 2 rings (SSSR count). The molecule has 112 valence electrons. The Labute approximate surface area is 127 Å². The summed E-state index contributed by atoms with van der Waals surface area (Å²) in [6.07, 6.45) is 1.08. The minimum absolute atomic E-state index is 0.826. The van der Waals surface area contributed by atoms with Crippen molar-refractivity contribution in [3.05, 3.63) is 40.1 Å². The van der Waals surface area contributed by atoms with Crippen LogP contribution in [0.25, 0.3) is 11.4 Å². The monoisotopic (exact) mass is 283 g/mol. The van der Waals surface area contributed by atoms with E-state index in [2.05, 4.69) is 59.0 Å². The average molecular weight is 283 g/mol. The summed E-state index contributed by atoms with van der Waals surface area (Å²) < 4.78 is 0. The van der Waals surface area contributed by atoms with E-state index in [0.29, 0.717) is 0 Å². The number of hydrogen-bond donors (Lipinski definition) is 1. The van der Waals surface area contributed by atoms with Crippen LogP contribution in [0.15, 0.2) is 12.1 Å². The van der Waals surface area contributed by atoms with Crippen molar-refractivity contribution < 1.29 is 0 Å². The van der Waals surface area contributed by atoms with Gasteiger partial charge in [-0.25, -0.2) is 9.97 Å². The highest BCUT2D eigenvalue weighted by Crippen LogP contribution is 2.28. The summed E-state index contributed by atoms with van der Waals surface area (Å²) >= 11 is 0. The molecule has 0 aliphatic carbocycles. The first-order valence-electron chi connectivity index (χ1n) is 7.61. The topological polar surface area (TPSA) is 37.8 Å². The first-order valence-corrected chi connectivity index (χ1v) is 7.61. The van der Waals surface area contributed by atoms with Gasteiger partial charge >= 0.3 is 0 Å². The summed E-state index contributed by atoms with van der Waals surface area (Å²) in [5.74, 6) is 1.78. The lowest BCUT2D eigenvalue weighted by atomic mass is 9.99. The van der Waals surface area contributed by atoms with Gasteiger partial charge in [0.05, 0.1) is 0 Å². The van der Waals surface area contributed by atoms with Crippen LogP contribution in [0.3, 0.4) is 0 Å². The molecule has 1 aromatic heterocycles. The highest BCUT2D eigenvalue weighted by atomic mass is 15.0. The summed E-state index contributed by atoms with van der Waals surface area (Å²) in [7, 11) is 0. The van der Waals surface area contributed by atoms with Crippen LogP contribution in [0, 0.1) is 34.6 Å². The quantitative estimate of drug-likeness (QED) is 0.897. The maximum absolute atomic E-state index is 4.77. The third-order valence-corrected chi connectivity index (χ3v) is 3.83. The van der Waals surface area contributed by atoms with E-state index in [4.69, 9.17) is 9.97 Å². The van der Waals surface area contributed by atoms with Crippen molar-refractivity contribution in [2.24, 2.45) is 0 Å². The van der Waals surface area contributed by atoms with Crippen LogP contribution in [0.2, 0.25) is 0 Å². The van der Waals surface area contributed by atoms with Crippen molar-refractivity contribution in [2.75, 3.05) is 11.9 Å². The van der Waals surface area contributed by atoms with Crippen LogP contribution < -0.4 is 5.32 Å². The molecule has 21 heavy (non-hydrogen) atoms. The number of aromatic nitrogens is 2. The molecule has 0 bridgehead atoms. The van der Waals surface area contributed by atoms with Crippen molar-refractivity contribution in [1.29, 1.82) is 0 Å². The molecule has 0 aliphatic heterocycles. The Morgan fingerprint density at radius 1 is 0.952 bits per heavy atom. The van der Waals surface area contributed by atoms with E-state index in [1.165, 1.54) is 16.7 Å². The van der Waals surface area contributed by atoms with Gasteiger partial charge in [0.25, 0.3) is 0 Å². The van der Waals surface area contributed by atoms with E-state index in [1.807, 2.05) is 0 Å². The highest BCUT2D eigenvalue weighted by molar-refractivity contribution is 5.67. The molecule has 0 saturated heterocycles. The predicted molar refractivity (Wildman–Crippen MR) is 89.9 cm³/mol.